The van der Waals surface area contributed by atoms with Crippen molar-refractivity contribution in [3.05, 3.63) is 71.2 Å². The van der Waals surface area contributed by atoms with Crippen molar-refractivity contribution in [1.82, 2.24) is 14.8 Å². The first-order chi connectivity index (χ1) is 14.6. The Balaban J connectivity index is 1.28. The van der Waals surface area contributed by atoms with Crippen molar-refractivity contribution >= 4 is 33.6 Å². The van der Waals surface area contributed by atoms with Gasteiger partial charge in [-0.15, -0.1) is 0 Å². The number of ether oxygens (including phenoxy) is 1. The molecule has 1 aliphatic heterocycles. The molecule has 2 aromatic heterocycles. The first kappa shape index (κ1) is 20.0. The number of anilines is 1. The zero-order valence-electron chi connectivity index (χ0n) is 16.0. The summed E-state index contributed by atoms with van der Waals surface area (Å²) in [7, 11) is 0. The lowest BCUT2D eigenvalue weighted by Gasteiger charge is -2.34. The van der Waals surface area contributed by atoms with E-state index in [1.807, 2.05) is 24.3 Å². The van der Waals surface area contributed by atoms with Crippen molar-refractivity contribution in [2.45, 2.75) is 0 Å². The third kappa shape index (κ3) is 4.80. The molecule has 0 unspecified atom stereocenters. The molecule has 3 aromatic rings. The number of carbonyl (C=O) groups is 2. The molecule has 0 aliphatic carbocycles. The van der Waals surface area contributed by atoms with Crippen LogP contribution in [0.3, 0.4) is 0 Å². The lowest BCUT2D eigenvalue weighted by Crippen LogP contribution is -2.51. The number of piperazine rings is 1. The average Bonchev–Trinajstić information content (AvgIpc) is 3.30. The summed E-state index contributed by atoms with van der Waals surface area (Å²) in [6.07, 6.45) is 3.02. The molecule has 0 bridgehead atoms. The summed E-state index contributed by atoms with van der Waals surface area (Å²) in [4.78, 5) is 32.4. The van der Waals surface area contributed by atoms with E-state index in [4.69, 9.17) is 9.15 Å². The first-order valence-electron chi connectivity index (χ1n) is 9.37. The van der Waals surface area contributed by atoms with Gasteiger partial charge in [-0.1, -0.05) is 22.0 Å². The fourth-order valence-corrected chi connectivity index (χ4v) is 3.42. The number of aromatic nitrogens is 1. The van der Waals surface area contributed by atoms with E-state index < -0.39 is 0 Å². The minimum atomic E-state index is -0.234. The summed E-state index contributed by atoms with van der Waals surface area (Å²) in [6, 6.07) is 14.0. The van der Waals surface area contributed by atoms with Gasteiger partial charge in [-0.3, -0.25) is 4.79 Å². The Morgan fingerprint density at radius 3 is 2.50 bits per heavy atom. The number of nitrogens with one attached hydrogen (secondary N) is 1. The number of rotatable bonds is 4. The maximum atomic E-state index is 12.5. The van der Waals surface area contributed by atoms with Crippen LogP contribution in [0.25, 0.3) is 0 Å². The summed E-state index contributed by atoms with van der Waals surface area (Å²) in [6.45, 7) is 1.78. The molecule has 1 aliphatic rings. The smallest absolute Gasteiger partial charge is 0.322 e. The van der Waals surface area contributed by atoms with Gasteiger partial charge in [-0.25, -0.2) is 9.78 Å². The Hall–Kier alpha value is -3.33. The molecule has 1 N–H and O–H groups in total. The standard InChI is InChI=1S/C21H19BrN4O4/c22-15-3-1-4-17(13-15)30-19-7-6-16(14-23-19)24-21(28)26-10-8-25(9-11-26)20(27)18-5-2-12-29-18/h1-7,12-14H,8-11H2,(H,24,28). The molecule has 30 heavy (non-hydrogen) atoms. The summed E-state index contributed by atoms with van der Waals surface area (Å²) in [5.74, 6) is 1.24. The van der Waals surface area contributed by atoms with Crippen LogP contribution in [0.2, 0.25) is 0 Å². The van der Waals surface area contributed by atoms with Gasteiger partial charge in [0.2, 0.25) is 5.88 Å². The third-order valence-electron chi connectivity index (χ3n) is 4.59. The fraction of sp³-hybridized carbons (Fsp3) is 0.190. The normalized spacial score (nSPS) is 13.8. The molecule has 9 heteroatoms. The maximum Gasteiger partial charge on any atom is 0.322 e. The van der Waals surface area contributed by atoms with Crippen LogP contribution in [-0.4, -0.2) is 52.9 Å². The van der Waals surface area contributed by atoms with Gasteiger partial charge in [0, 0.05) is 36.7 Å². The van der Waals surface area contributed by atoms with Crippen molar-refractivity contribution in [3.8, 4) is 11.6 Å². The van der Waals surface area contributed by atoms with Gasteiger partial charge < -0.3 is 24.3 Å². The van der Waals surface area contributed by atoms with E-state index >= 15 is 0 Å². The molecular formula is C21H19BrN4O4. The quantitative estimate of drug-likeness (QED) is 0.616. The molecule has 0 radical (unpaired) electrons. The zero-order chi connectivity index (χ0) is 20.9. The van der Waals surface area contributed by atoms with Crippen LogP contribution in [0.1, 0.15) is 10.6 Å². The van der Waals surface area contributed by atoms with Crippen LogP contribution in [0, 0.1) is 0 Å². The largest absolute Gasteiger partial charge is 0.459 e. The first-order valence-corrected chi connectivity index (χ1v) is 10.2. The summed E-state index contributed by atoms with van der Waals surface area (Å²) >= 11 is 3.39. The molecule has 4 rings (SSSR count). The van der Waals surface area contributed by atoms with Crippen molar-refractivity contribution in [2.24, 2.45) is 0 Å². The Kier molecular flexibility index (Phi) is 5.99. The Labute approximate surface area is 181 Å². The highest BCUT2D eigenvalue weighted by molar-refractivity contribution is 9.10. The number of halogens is 1. The predicted octanol–water partition coefficient (Wildman–Crippen LogP) is 4.22. The van der Waals surface area contributed by atoms with Gasteiger partial charge in [0.25, 0.3) is 5.91 Å². The number of urea groups is 1. The number of furan rings is 1. The molecule has 1 saturated heterocycles. The molecular weight excluding hydrogens is 452 g/mol. The number of pyridine rings is 1. The monoisotopic (exact) mass is 470 g/mol. The molecule has 8 nitrogen and oxygen atoms in total. The molecule has 154 valence electrons. The summed E-state index contributed by atoms with van der Waals surface area (Å²) in [5, 5.41) is 2.82. The lowest BCUT2D eigenvalue weighted by atomic mass is 10.3. The van der Waals surface area contributed by atoms with Gasteiger partial charge >= 0.3 is 6.03 Å². The second kappa shape index (κ2) is 9.00. The molecule has 0 spiro atoms. The Morgan fingerprint density at radius 1 is 1.03 bits per heavy atom. The van der Waals surface area contributed by atoms with E-state index in [-0.39, 0.29) is 11.9 Å². The van der Waals surface area contributed by atoms with Crippen molar-refractivity contribution in [2.75, 3.05) is 31.5 Å². The number of nitrogens with zero attached hydrogens (tertiary/aromatic N) is 3. The van der Waals surface area contributed by atoms with Crippen molar-refractivity contribution < 1.29 is 18.7 Å². The highest BCUT2D eigenvalue weighted by Gasteiger charge is 2.26. The zero-order valence-corrected chi connectivity index (χ0v) is 17.5. The highest BCUT2D eigenvalue weighted by Crippen LogP contribution is 2.23. The van der Waals surface area contributed by atoms with Crippen LogP contribution in [0.5, 0.6) is 11.6 Å². The van der Waals surface area contributed by atoms with Crippen molar-refractivity contribution in [3.63, 3.8) is 0 Å². The molecule has 1 aromatic carbocycles. The Bertz CT molecular complexity index is 1020. The summed E-state index contributed by atoms with van der Waals surface area (Å²) < 4.78 is 11.8. The van der Waals surface area contributed by atoms with E-state index in [1.54, 1.807) is 40.3 Å². The minimum absolute atomic E-state index is 0.162. The third-order valence-corrected chi connectivity index (χ3v) is 5.09. The van der Waals surface area contributed by atoms with Crippen LogP contribution in [-0.2, 0) is 0 Å². The van der Waals surface area contributed by atoms with Gasteiger partial charge in [0.05, 0.1) is 18.1 Å². The number of carbonyl (C=O) groups excluding carboxylic acids is 2. The van der Waals surface area contributed by atoms with Crippen LogP contribution >= 0.6 is 15.9 Å². The minimum Gasteiger partial charge on any atom is -0.459 e. The van der Waals surface area contributed by atoms with E-state index in [1.165, 1.54) is 6.26 Å². The molecule has 3 amide bonds. The predicted molar refractivity (Wildman–Crippen MR) is 114 cm³/mol. The van der Waals surface area contributed by atoms with E-state index in [9.17, 15) is 9.59 Å². The number of hydrogen-bond donors (Lipinski definition) is 1. The van der Waals surface area contributed by atoms with Gasteiger partial charge in [0.15, 0.2) is 5.76 Å². The maximum absolute atomic E-state index is 12.5. The highest BCUT2D eigenvalue weighted by atomic mass is 79.9. The number of amides is 3. The van der Waals surface area contributed by atoms with Crippen LogP contribution in [0.4, 0.5) is 10.5 Å². The van der Waals surface area contributed by atoms with Crippen LogP contribution in [0.15, 0.2) is 69.9 Å². The van der Waals surface area contributed by atoms with E-state index in [0.717, 1.165) is 4.47 Å². The molecule has 0 saturated carbocycles. The molecule has 1 fully saturated rings. The van der Waals surface area contributed by atoms with E-state index in [0.29, 0.717) is 49.3 Å². The number of benzene rings is 1. The van der Waals surface area contributed by atoms with Crippen molar-refractivity contribution in [1.29, 1.82) is 0 Å². The average molecular weight is 471 g/mol. The molecule has 3 heterocycles. The second-order valence-corrected chi connectivity index (χ2v) is 7.55. The topological polar surface area (TPSA) is 87.9 Å². The Morgan fingerprint density at radius 2 is 1.83 bits per heavy atom. The fourth-order valence-electron chi connectivity index (χ4n) is 3.04. The lowest BCUT2D eigenvalue weighted by molar-refractivity contribution is 0.0640. The summed E-state index contributed by atoms with van der Waals surface area (Å²) in [5.41, 5.74) is 0.565. The van der Waals surface area contributed by atoms with Gasteiger partial charge in [-0.05, 0) is 36.4 Å². The van der Waals surface area contributed by atoms with Gasteiger partial charge in [-0.2, -0.15) is 0 Å². The van der Waals surface area contributed by atoms with Crippen LogP contribution < -0.4 is 10.1 Å². The second-order valence-electron chi connectivity index (χ2n) is 6.63. The molecule has 0 atom stereocenters. The van der Waals surface area contributed by atoms with E-state index in [2.05, 4.69) is 26.2 Å². The SMILES string of the molecule is O=C(Nc1ccc(Oc2cccc(Br)c2)nc1)N1CCN(C(=O)c2ccco2)CC1. The van der Waals surface area contributed by atoms with Gasteiger partial charge in [0.1, 0.15) is 5.75 Å². The number of hydrogen-bond acceptors (Lipinski definition) is 5.